The molecule has 1 amide bonds. The molecule has 0 radical (unpaired) electrons. The lowest BCUT2D eigenvalue weighted by Crippen LogP contribution is -2.48. The van der Waals surface area contributed by atoms with Crippen molar-refractivity contribution >= 4 is 61.5 Å². The third kappa shape index (κ3) is 3.43. The number of amides is 1. The van der Waals surface area contributed by atoms with Gasteiger partial charge in [0.2, 0.25) is 0 Å². The summed E-state index contributed by atoms with van der Waals surface area (Å²) in [5.41, 5.74) is 0.708. The number of carbonyl (C=O) groups excluding carboxylic acids is 1. The van der Waals surface area contributed by atoms with Crippen molar-refractivity contribution in [3.63, 3.8) is 0 Å². The van der Waals surface area contributed by atoms with Gasteiger partial charge < -0.3 is 10.6 Å². The number of halogens is 3. The normalized spacial score (nSPS) is 15.1. The predicted octanol–water partition coefficient (Wildman–Crippen LogP) is 2.64. The van der Waals surface area contributed by atoms with Gasteiger partial charge in [-0.2, -0.15) is 0 Å². The lowest BCUT2D eigenvalue weighted by molar-refractivity contribution is 0.0942. The second-order valence-corrected chi connectivity index (χ2v) is 7.22. The fraction of sp³-hybridized carbons (Fsp3) is 0.444. The molecule has 2 N–H and O–H groups in total. The maximum Gasteiger partial charge on any atom is 0.253 e. The van der Waals surface area contributed by atoms with E-state index in [2.05, 4.69) is 42.5 Å². The maximum absolute atomic E-state index is 11.7. The minimum Gasteiger partial charge on any atom is -0.352 e. The van der Waals surface area contributed by atoms with Gasteiger partial charge in [-0.25, -0.2) is 0 Å². The van der Waals surface area contributed by atoms with E-state index in [0.717, 1.165) is 27.2 Å². The smallest absolute Gasteiger partial charge is 0.253 e. The van der Waals surface area contributed by atoms with Crippen LogP contribution in [-0.4, -0.2) is 25.5 Å². The van der Waals surface area contributed by atoms with E-state index in [-0.39, 0.29) is 18.3 Å². The Kier molecular flexibility index (Phi) is 5.73. The van der Waals surface area contributed by atoms with Gasteiger partial charge >= 0.3 is 0 Å². The summed E-state index contributed by atoms with van der Waals surface area (Å²) in [4.78, 5) is 11.7. The molecule has 1 saturated heterocycles. The van der Waals surface area contributed by atoms with Crippen molar-refractivity contribution in [2.45, 2.75) is 0 Å². The van der Waals surface area contributed by atoms with Crippen LogP contribution in [0, 0.1) is 5.92 Å². The van der Waals surface area contributed by atoms with Gasteiger partial charge in [0.25, 0.3) is 5.91 Å². The highest BCUT2D eigenvalue weighted by molar-refractivity contribution is 9.12. The van der Waals surface area contributed by atoms with Gasteiger partial charge in [-0.05, 0) is 37.9 Å². The van der Waals surface area contributed by atoms with Crippen LogP contribution in [0.5, 0.6) is 0 Å². The van der Waals surface area contributed by atoms with Gasteiger partial charge in [0.15, 0.2) is 0 Å². The quantitative estimate of drug-likeness (QED) is 0.833. The molecule has 1 aliphatic heterocycles. The molecule has 2 rings (SSSR count). The SMILES string of the molecule is Cl.O=C(NCC1CNC1)c1cc(Br)sc1Br. The van der Waals surface area contributed by atoms with Crippen LogP contribution in [0.2, 0.25) is 0 Å². The molecule has 0 atom stereocenters. The Bertz CT molecular complexity index is 382. The zero-order valence-corrected chi connectivity index (χ0v) is 13.1. The van der Waals surface area contributed by atoms with E-state index >= 15 is 0 Å². The van der Waals surface area contributed by atoms with Crippen LogP contribution < -0.4 is 10.6 Å². The Labute approximate surface area is 121 Å². The zero-order chi connectivity index (χ0) is 10.8. The van der Waals surface area contributed by atoms with Crippen LogP contribution in [0.25, 0.3) is 0 Å². The standard InChI is InChI=1S/C9H10Br2N2OS.ClH/c10-7-1-6(8(11)15-7)9(14)13-4-5-2-12-3-5;/h1,5,12H,2-4H2,(H,13,14);1H. The molecule has 1 fully saturated rings. The Hall–Kier alpha value is 0.380. The monoisotopic (exact) mass is 388 g/mol. The molecule has 0 saturated carbocycles. The molecule has 2 heterocycles. The fourth-order valence-electron chi connectivity index (χ4n) is 1.32. The van der Waals surface area contributed by atoms with Crippen LogP contribution >= 0.6 is 55.6 Å². The summed E-state index contributed by atoms with van der Waals surface area (Å²) in [5.74, 6) is 0.588. The molecule has 90 valence electrons. The van der Waals surface area contributed by atoms with Crippen molar-refractivity contribution in [2.75, 3.05) is 19.6 Å². The minimum atomic E-state index is -0.00396. The van der Waals surface area contributed by atoms with Crippen molar-refractivity contribution in [1.29, 1.82) is 0 Å². The van der Waals surface area contributed by atoms with E-state index in [0.29, 0.717) is 11.5 Å². The molecule has 7 heteroatoms. The van der Waals surface area contributed by atoms with Gasteiger partial charge in [-0.1, -0.05) is 0 Å². The van der Waals surface area contributed by atoms with Crippen LogP contribution in [0.1, 0.15) is 10.4 Å². The average molecular weight is 391 g/mol. The summed E-state index contributed by atoms with van der Waals surface area (Å²) < 4.78 is 1.84. The average Bonchev–Trinajstić information content (AvgIpc) is 2.42. The second kappa shape index (κ2) is 6.35. The highest BCUT2D eigenvalue weighted by Crippen LogP contribution is 2.31. The van der Waals surface area contributed by atoms with E-state index in [4.69, 9.17) is 0 Å². The lowest BCUT2D eigenvalue weighted by atomic mass is 10.0. The molecule has 0 aliphatic carbocycles. The van der Waals surface area contributed by atoms with Crippen LogP contribution in [0.15, 0.2) is 13.6 Å². The number of thiophene rings is 1. The fourth-order valence-corrected chi connectivity index (χ4v) is 4.11. The number of nitrogens with one attached hydrogen (secondary N) is 2. The van der Waals surface area contributed by atoms with Crippen molar-refractivity contribution in [3.05, 3.63) is 19.2 Å². The largest absolute Gasteiger partial charge is 0.352 e. The van der Waals surface area contributed by atoms with E-state index in [1.807, 2.05) is 6.07 Å². The highest BCUT2D eigenvalue weighted by atomic mass is 79.9. The summed E-state index contributed by atoms with van der Waals surface area (Å²) in [7, 11) is 0. The van der Waals surface area contributed by atoms with E-state index < -0.39 is 0 Å². The summed E-state index contributed by atoms with van der Waals surface area (Å²) in [6, 6.07) is 1.84. The molecular formula is C9H11Br2ClN2OS. The zero-order valence-electron chi connectivity index (χ0n) is 8.26. The van der Waals surface area contributed by atoms with Crippen molar-refractivity contribution in [3.8, 4) is 0 Å². The third-order valence-corrected chi connectivity index (χ3v) is 4.66. The first-order chi connectivity index (χ1) is 7.16. The van der Waals surface area contributed by atoms with Gasteiger partial charge in [-0.15, -0.1) is 23.7 Å². The van der Waals surface area contributed by atoms with Crippen LogP contribution in [-0.2, 0) is 0 Å². The molecule has 1 aromatic rings. The van der Waals surface area contributed by atoms with Gasteiger partial charge in [0.1, 0.15) is 0 Å². The molecule has 1 aromatic heterocycles. The summed E-state index contributed by atoms with van der Waals surface area (Å²) in [6.45, 7) is 2.77. The summed E-state index contributed by atoms with van der Waals surface area (Å²) >= 11 is 8.24. The molecule has 0 aromatic carbocycles. The number of carbonyl (C=O) groups is 1. The topological polar surface area (TPSA) is 41.1 Å². The second-order valence-electron chi connectivity index (χ2n) is 3.47. The molecular weight excluding hydrogens is 379 g/mol. The Morgan fingerprint density at radius 1 is 1.56 bits per heavy atom. The molecule has 1 aliphatic rings. The number of hydrogen-bond acceptors (Lipinski definition) is 3. The maximum atomic E-state index is 11.7. The van der Waals surface area contributed by atoms with Crippen molar-refractivity contribution in [1.82, 2.24) is 10.6 Å². The Morgan fingerprint density at radius 3 is 2.69 bits per heavy atom. The van der Waals surface area contributed by atoms with Crippen molar-refractivity contribution in [2.24, 2.45) is 5.92 Å². The number of hydrogen-bond donors (Lipinski definition) is 2. The summed E-state index contributed by atoms with van der Waals surface area (Å²) in [5, 5.41) is 6.11. The van der Waals surface area contributed by atoms with Gasteiger partial charge in [-0.3, -0.25) is 4.79 Å². The van der Waals surface area contributed by atoms with Crippen molar-refractivity contribution < 1.29 is 4.79 Å². The van der Waals surface area contributed by atoms with E-state index in [1.54, 1.807) is 0 Å². The lowest BCUT2D eigenvalue weighted by Gasteiger charge is -2.26. The Morgan fingerprint density at radius 2 is 2.25 bits per heavy atom. The number of rotatable bonds is 3. The molecule has 0 spiro atoms. The van der Waals surface area contributed by atoms with Gasteiger partial charge in [0, 0.05) is 25.6 Å². The Balaban J connectivity index is 0.00000128. The molecule has 16 heavy (non-hydrogen) atoms. The van der Waals surface area contributed by atoms with E-state index in [9.17, 15) is 4.79 Å². The predicted molar refractivity (Wildman–Crippen MR) is 75.7 cm³/mol. The summed E-state index contributed by atoms with van der Waals surface area (Å²) in [6.07, 6.45) is 0. The first-order valence-electron chi connectivity index (χ1n) is 4.60. The minimum absolute atomic E-state index is 0. The highest BCUT2D eigenvalue weighted by Gasteiger charge is 2.19. The molecule has 0 bridgehead atoms. The first-order valence-corrected chi connectivity index (χ1v) is 7.01. The molecule has 0 unspecified atom stereocenters. The molecule has 3 nitrogen and oxygen atoms in total. The third-order valence-electron chi connectivity index (χ3n) is 2.32. The first kappa shape index (κ1) is 14.4. The van der Waals surface area contributed by atoms with Crippen LogP contribution in [0.4, 0.5) is 0 Å². The van der Waals surface area contributed by atoms with Gasteiger partial charge in [0.05, 0.1) is 13.1 Å². The van der Waals surface area contributed by atoms with E-state index in [1.165, 1.54) is 11.3 Å². The van der Waals surface area contributed by atoms with Crippen LogP contribution in [0.3, 0.4) is 0 Å².